The number of nitrogens with zero attached hydrogens (tertiary/aromatic N) is 1. The molecular weight excluding hydrogens is 471 g/mol. The lowest BCUT2D eigenvalue weighted by Crippen LogP contribution is -2.44. The average molecular weight is 501 g/mol. The van der Waals surface area contributed by atoms with E-state index >= 15 is 0 Å². The number of benzene rings is 4. The van der Waals surface area contributed by atoms with Gasteiger partial charge >= 0.3 is 7.60 Å². The number of hydrogen-bond donors (Lipinski definition) is 1. The van der Waals surface area contributed by atoms with Crippen molar-refractivity contribution >= 4 is 30.0 Å². The zero-order valence-corrected chi connectivity index (χ0v) is 21.0. The minimum Gasteiger partial charge on any atom is -0.415 e. The van der Waals surface area contributed by atoms with Crippen LogP contribution < -0.4 is 14.4 Å². The van der Waals surface area contributed by atoms with Crippen molar-refractivity contribution in [2.45, 2.75) is 31.6 Å². The normalized spacial score (nSPS) is 16.5. The van der Waals surface area contributed by atoms with E-state index in [2.05, 4.69) is 5.32 Å². The Morgan fingerprint density at radius 2 is 1.44 bits per heavy atom. The van der Waals surface area contributed by atoms with Gasteiger partial charge in [0.05, 0.1) is 0 Å². The first-order valence-corrected chi connectivity index (χ1v) is 13.8. The second-order valence-corrected chi connectivity index (χ2v) is 10.9. The second kappa shape index (κ2) is 10.5. The van der Waals surface area contributed by atoms with Crippen LogP contribution in [0.15, 0.2) is 103 Å². The quantitative estimate of drug-likeness (QED) is 0.266. The first kappa shape index (κ1) is 24.0. The smallest absolute Gasteiger partial charge is 0.415 e. The maximum atomic E-state index is 14.4. The van der Waals surface area contributed by atoms with E-state index in [4.69, 9.17) is 9.05 Å². The first-order valence-electron chi connectivity index (χ1n) is 12.2. The number of hydrogen-bond acceptors (Lipinski definition) is 5. The molecule has 1 aliphatic heterocycles. The molecule has 36 heavy (non-hydrogen) atoms. The van der Waals surface area contributed by atoms with Gasteiger partial charge in [-0.25, -0.2) is 4.57 Å². The van der Waals surface area contributed by atoms with Gasteiger partial charge in [0.2, 0.25) is 5.91 Å². The number of amides is 1. The van der Waals surface area contributed by atoms with Gasteiger partial charge in [-0.2, -0.15) is 0 Å². The fourth-order valence-electron chi connectivity index (χ4n) is 4.63. The molecule has 0 aliphatic carbocycles. The van der Waals surface area contributed by atoms with E-state index in [1.54, 1.807) is 29.2 Å². The van der Waals surface area contributed by atoms with Crippen molar-refractivity contribution in [2.75, 3.05) is 11.9 Å². The summed E-state index contributed by atoms with van der Waals surface area (Å²) in [6.07, 6.45) is 1.25. The van der Waals surface area contributed by atoms with E-state index in [0.717, 1.165) is 22.9 Å². The Kier molecular flexibility index (Phi) is 6.97. The molecular formula is C29H29N2O4P. The summed E-state index contributed by atoms with van der Waals surface area (Å²) in [6.45, 7) is 2.33. The van der Waals surface area contributed by atoms with Crippen LogP contribution in [-0.4, -0.2) is 29.2 Å². The topological polar surface area (TPSA) is 67.9 Å². The predicted octanol–water partition coefficient (Wildman–Crippen LogP) is 6.94. The fourth-order valence-corrected chi connectivity index (χ4v) is 6.81. The Balaban J connectivity index is 1.41. The van der Waals surface area contributed by atoms with Crippen molar-refractivity contribution < 1.29 is 18.4 Å². The summed E-state index contributed by atoms with van der Waals surface area (Å²) in [5, 5.41) is 5.51. The van der Waals surface area contributed by atoms with Crippen molar-refractivity contribution in [3.8, 4) is 11.5 Å². The van der Waals surface area contributed by atoms with Crippen molar-refractivity contribution in [3.05, 3.63) is 103 Å². The summed E-state index contributed by atoms with van der Waals surface area (Å²) in [5.74, 6) is 0.0529. The summed E-state index contributed by atoms with van der Waals surface area (Å²) in [4.78, 5) is 15.3. The lowest BCUT2D eigenvalue weighted by molar-refractivity contribution is -0.131. The molecule has 0 aromatic heterocycles. The number of fused-ring (bicyclic) bond motifs is 1. The van der Waals surface area contributed by atoms with Gasteiger partial charge in [-0.05, 0) is 55.5 Å². The van der Waals surface area contributed by atoms with E-state index in [1.165, 1.54) is 0 Å². The average Bonchev–Trinajstić information content (AvgIpc) is 3.41. The highest BCUT2D eigenvalue weighted by atomic mass is 31.2. The van der Waals surface area contributed by atoms with Gasteiger partial charge in [-0.1, -0.05) is 72.8 Å². The highest BCUT2D eigenvalue weighted by molar-refractivity contribution is 7.55. The molecule has 7 heteroatoms. The molecule has 1 saturated heterocycles. The molecule has 6 nitrogen and oxygen atoms in total. The van der Waals surface area contributed by atoms with Crippen LogP contribution in [0.3, 0.4) is 0 Å². The highest BCUT2D eigenvalue weighted by Crippen LogP contribution is 2.57. The van der Waals surface area contributed by atoms with Gasteiger partial charge < -0.3 is 19.3 Å². The van der Waals surface area contributed by atoms with E-state index in [1.807, 2.05) is 85.8 Å². The molecule has 2 atom stereocenters. The molecule has 184 valence electrons. The SMILES string of the molecule is C[C@H](Nc1cccc2ccccc12)C(=O)N1CCC[C@@H]1P(=O)(Oc1ccccc1)Oc1ccccc1. The monoisotopic (exact) mass is 500 g/mol. The summed E-state index contributed by atoms with van der Waals surface area (Å²) in [6, 6.07) is 31.5. The van der Waals surface area contributed by atoms with Crippen molar-refractivity contribution in [1.29, 1.82) is 0 Å². The molecule has 1 aliphatic rings. The molecule has 1 fully saturated rings. The minimum absolute atomic E-state index is 0.140. The van der Waals surface area contributed by atoms with Crippen molar-refractivity contribution in [1.82, 2.24) is 4.90 Å². The third-order valence-corrected chi connectivity index (χ3v) is 8.55. The van der Waals surface area contributed by atoms with Crippen molar-refractivity contribution in [2.24, 2.45) is 0 Å². The zero-order chi connectivity index (χ0) is 25.0. The number of nitrogens with one attached hydrogen (secondary N) is 1. The van der Waals surface area contributed by atoms with Crippen LogP contribution >= 0.6 is 7.60 Å². The molecule has 0 spiro atoms. The third-order valence-electron chi connectivity index (χ3n) is 6.35. The van der Waals surface area contributed by atoms with E-state index in [0.29, 0.717) is 24.5 Å². The Bertz CT molecular complexity index is 1330. The number of anilines is 1. The van der Waals surface area contributed by atoms with Crippen LogP contribution in [0, 0.1) is 0 Å². The number of para-hydroxylation sites is 2. The van der Waals surface area contributed by atoms with Crippen LogP contribution in [0.5, 0.6) is 11.5 Å². The van der Waals surface area contributed by atoms with Crippen LogP contribution in [0.4, 0.5) is 5.69 Å². The number of likely N-dealkylation sites (tertiary alicyclic amines) is 1. The summed E-state index contributed by atoms with van der Waals surface area (Å²) >= 11 is 0. The molecule has 0 radical (unpaired) electrons. The maximum absolute atomic E-state index is 14.4. The van der Waals surface area contributed by atoms with Gasteiger partial charge in [-0.3, -0.25) is 4.79 Å². The highest BCUT2D eigenvalue weighted by Gasteiger charge is 2.48. The molecule has 4 aromatic carbocycles. The van der Waals surface area contributed by atoms with Gasteiger partial charge in [0.1, 0.15) is 17.5 Å². The lowest BCUT2D eigenvalue weighted by Gasteiger charge is -2.32. The number of carbonyl (C=O) groups is 1. The lowest BCUT2D eigenvalue weighted by atomic mass is 10.1. The third kappa shape index (κ3) is 5.09. The van der Waals surface area contributed by atoms with Crippen LogP contribution in [-0.2, 0) is 9.36 Å². The van der Waals surface area contributed by atoms with Gasteiger partial charge in [0.25, 0.3) is 0 Å². The second-order valence-electron chi connectivity index (χ2n) is 8.90. The molecule has 0 unspecified atom stereocenters. The van der Waals surface area contributed by atoms with Crippen molar-refractivity contribution in [3.63, 3.8) is 0 Å². The molecule has 1 N–H and O–H groups in total. The number of carbonyl (C=O) groups excluding carboxylic acids is 1. The van der Waals surface area contributed by atoms with Crippen LogP contribution in [0.1, 0.15) is 19.8 Å². The van der Waals surface area contributed by atoms with Gasteiger partial charge in [-0.15, -0.1) is 0 Å². The predicted molar refractivity (Wildman–Crippen MR) is 144 cm³/mol. The zero-order valence-electron chi connectivity index (χ0n) is 20.1. The first-order chi connectivity index (χ1) is 17.5. The minimum atomic E-state index is -3.80. The Morgan fingerprint density at radius 3 is 2.11 bits per heavy atom. The largest absolute Gasteiger partial charge is 0.453 e. The van der Waals surface area contributed by atoms with Crippen LogP contribution in [0.2, 0.25) is 0 Å². The van der Waals surface area contributed by atoms with Gasteiger partial charge in [0, 0.05) is 17.6 Å². The molecule has 0 saturated carbocycles. The Labute approximate surface area is 211 Å². The standard InChI is InChI=1S/C29H29N2O4P/c1-22(30-27-19-10-13-23-12-8-9-18-26(23)27)29(32)31-21-11-20-28(31)36(33,34-24-14-4-2-5-15-24)35-25-16-6-3-7-17-25/h2-10,12-19,22,28,30H,11,20-21H2,1H3/t22-,28-/m0/s1. The van der Waals surface area contributed by atoms with Gasteiger partial charge in [0.15, 0.2) is 5.78 Å². The van der Waals surface area contributed by atoms with Crippen LogP contribution in [0.25, 0.3) is 10.8 Å². The fraction of sp³-hybridized carbons (Fsp3) is 0.207. The summed E-state index contributed by atoms with van der Waals surface area (Å²) in [7, 11) is -3.80. The molecule has 5 rings (SSSR count). The maximum Gasteiger partial charge on any atom is 0.453 e. The molecule has 1 heterocycles. The summed E-state index contributed by atoms with van der Waals surface area (Å²) < 4.78 is 26.5. The molecule has 1 amide bonds. The number of rotatable bonds is 8. The Hall–Kier alpha value is -3.76. The van der Waals surface area contributed by atoms with E-state index < -0.39 is 19.4 Å². The molecule has 4 aromatic rings. The summed E-state index contributed by atoms with van der Waals surface area (Å²) in [5.41, 5.74) is 0.883. The Morgan fingerprint density at radius 1 is 0.861 bits per heavy atom. The molecule has 0 bridgehead atoms. The van der Waals surface area contributed by atoms with E-state index in [9.17, 15) is 9.36 Å². The van der Waals surface area contributed by atoms with E-state index in [-0.39, 0.29) is 5.91 Å².